The average molecular weight is 279 g/mol. The van der Waals surface area contributed by atoms with Crippen molar-refractivity contribution in [2.24, 2.45) is 0 Å². The lowest BCUT2D eigenvalue weighted by Crippen LogP contribution is -2.04. The Balaban J connectivity index is 2.27. The van der Waals surface area contributed by atoms with E-state index in [-0.39, 0.29) is 5.91 Å². The van der Waals surface area contributed by atoms with Gasteiger partial charge in [-0.25, -0.2) is 4.79 Å². The average Bonchev–Trinajstić information content (AvgIpc) is 2.81. The molecule has 0 unspecified atom stereocenters. The molecule has 104 valence electrons. The summed E-state index contributed by atoms with van der Waals surface area (Å²) in [7, 11) is 1.33. The van der Waals surface area contributed by atoms with E-state index in [4.69, 9.17) is 4.74 Å². The predicted octanol–water partition coefficient (Wildman–Crippen LogP) is 3.11. The minimum atomic E-state index is -0.443. The number of anilines is 1. The highest BCUT2D eigenvalue weighted by atomic mass is 16.5. The second-order valence-corrected chi connectivity index (χ2v) is 4.74. The summed E-state index contributed by atoms with van der Waals surface area (Å²) in [5.74, 6) is -0.689. The topological polar surface area (TPSA) is 55.4 Å². The van der Waals surface area contributed by atoms with Crippen LogP contribution in [0.1, 0.15) is 15.9 Å². The molecule has 0 saturated heterocycles. The summed E-state index contributed by atoms with van der Waals surface area (Å²) in [6.07, 6.45) is 0. The Morgan fingerprint density at radius 2 is 1.90 bits per heavy atom. The van der Waals surface area contributed by atoms with E-state index in [1.165, 1.54) is 7.11 Å². The van der Waals surface area contributed by atoms with Gasteiger partial charge in [0, 0.05) is 11.1 Å². The van der Waals surface area contributed by atoms with E-state index in [2.05, 4.69) is 11.9 Å². The number of methoxy groups -OCH3 is 1. The number of rotatable bonds is 2. The van der Waals surface area contributed by atoms with Crippen molar-refractivity contribution in [2.45, 2.75) is 0 Å². The number of ether oxygens (including phenoxy) is 1. The van der Waals surface area contributed by atoms with Crippen molar-refractivity contribution >= 4 is 23.1 Å². The van der Waals surface area contributed by atoms with Gasteiger partial charge in [0.05, 0.1) is 18.4 Å². The van der Waals surface area contributed by atoms with Crippen LogP contribution in [0.25, 0.3) is 16.7 Å². The highest BCUT2D eigenvalue weighted by molar-refractivity contribution is 6.32. The number of benzene rings is 2. The van der Waals surface area contributed by atoms with Crippen molar-refractivity contribution in [2.75, 3.05) is 12.4 Å². The maximum absolute atomic E-state index is 11.8. The molecular formula is C17H13NO3. The number of fused-ring (bicyclic) bond motifs is 1. The van der Waals surface area contributed by atoms with Crippen molar-refractivity contribution < 1.29 is 14.3 Å². The zero-order chi connectivity index (χ0) is 15.0. The third-order valence-corrected chi connectivity index (χ3v) is 3.47. The number of hydrogen-bond acceptors (Lipinski definition) is 3. The van der Waals surface area contributed by atoms with Crippen LogP contribution in [0, 0.1) is 0 Å². The van der Waals surface area contributed by atoms with Gasteiger partial charge in [0.25, 0.3) is 5.91 Å². The van der Waals surface area contributed by atoms with Gasteiger partial charge in [-0.15, -0.1) is 0 Å². The summed E-state index contributed by atoms with van der Waals surface area (Å²) in [5.41, 5.74) is 3.82. The largest absolute Gasteiger partial charge is 0.465 e. The summed E-state index contributed by atoms with van der Waals surface area (Å²) >= 11 is 0. The molecule has 1 heterocycles. The van der Waals surface area contributed by atoms with Gasteiger partial charge in [-0.05, 0) is 23.3 Å². The molecule has 0 aromatic heterocycles. The van der Waals surface area contributed by atoms with Gasteiger partial charge in [0.15, 0.2) is 0 Å². The van der Waals surface area contributed by atoms with Crippen LogP contribution in [0.3, 0.4) is 0 Å². The van der Waals surface area contributed by atoms with Crippen LogP contribution < -0.4 is 5.32 Å². The zero-order valence-electron chi connectivity index (χ0n) is 11.5. The summed E-state index contributed by atoms with van der Waals surface area (Å²) in [6.45, 7) is 3.83. The fourth-order valence-corrected chi connectivity index (χ4v) is 2.46. The maximum Gasteiger partial charge on any atom is 0.337 e. The van der Waals surface area contributed by atoms with E-state index < -0.39 is 5.97 Å². The predicted molar refractivity (Wildman–Crippen MR) is 80.9 cm³/mol. The molecule has 0 spiro atoms. The fourth-order valence-electron chi connectivity index (χ4n) is 2.46. The van der Waals surface area contributed by atoms with E-state index in [1.54, 1.807) is 12.1 Å². The molecule has 2 aromatic rings. The first-order chi connectivity index (χ1) is 10.1. The molecule has 1 aliphatic rings. The lowest BCUT2D eigenvalue weighted by molar-refractivity contribution is -0.110. The molecular weight excluding hydrogens is 266 g/mol. The summed E-state index contributed by atoms with van der Waals surface area (Å²) in [4.78, 5) is 23.6. The Labute approximate surface area is 122 Å². The zero-order valence-corrected chi connectivity index (χ0v) is 11.5. The van der Waals surface area contributed by atoms with Gasteiger partial charge >= 0.3 is 5.97 Å². The van der Waals surface area contributed by atoms with Crippen LogP contribution in [-0.2, 0) is 9.53 Å². The molecule has 3 rings (SSSR count). The number of carbonyl (C=O) groups is 2. The molecule has 2 aromatic carbocycles. The standard InChI is InChI=1S/C17H13NO3/c1-10-15-13(11-6-4-3-5-7-11)8-12(17(20)21-2)9-14(15)18-16(10)19/h3-9H,1H2,2H3,(H,18,19). The first kappa shape index (κ1) is 13.1. The van der Waals surface area contributed by atoms with Gasteiger partial charge in [0.1, 0.15) is 0 Å². The molecule has 0 aliphatic carbocycles. The van der Waals surface area contributed by atoms with E-state index in [0.717, 1.165) is 16.7 Å². The van der Waals surface area contributed by atoms with E-state index in [0.29, 0.717) is 16.8 Å². The summed E-state index contributed by atoms with van der Waals surface area (Å²) < 4.78 is 4.77. The Kier molecular flexibility index (Phi) is 3.06. The molecule has 0 fully saturated rings. The highest BCUT2D eigenvalue weighted by Crippen LogP contribution is 2.39. The van der Waals surface area contributed by atoms with Gasteiger partial charge in [-0.2, -0.15) is 0 Å². The van der Waals surface area contributed by atoms with Gasteiger partial charge in [0.2, 0.25) is 0 Å². The third kappa shape index (κ3) is 2.10. The van der Waals surface area contributed by atoms with Gasteiger partial charge in [-0.3, -0.25) is 4.79 Å². The molecule has 0 saturated carbocycles. The van der Waals surface area contributed by atoms with Crippen LogP contribution in [-0.4, -0.2) is 19.0 Å². The normalized spacial score (nSPS) is 12.8. The molecule has 4 heteroatoms. The SMILES string of the molecule is C=C1C(=O)Nc2cc(C(=O)OC)cc(-c3ccccc3)c21. The third-order valence-electron chi connectivity index (χ3n) is 3.47. The lowest BCUT2D eigenvalue weighted by Gasteiger charge is -2.10. The number of amides is 1. The van der Waals surface area contributed by atoms with Crippen molar-refractivity contribution in [1.82, 2.24) is 0 Å². The van der Waals surface area contributed by atoms with E-state index >= 15 is 0 Å². The van der Waals surface area contributed by atoms with Gasteiger partial charge in [-0.1, -0.05) is 36.9 Å². The maximum atomic E-state index is 11.8. The molecule has 1 N–H and O–H groups in total. The minimum absolute atomic E-state index is 0.246. The van der Waals surface area contributed by atoms with Crippen LogP contribution in [0.4, 0.5) is 5.69 Å². The molecule has 4 nitrogen and oxygen atoms in total. The number of esters is 1. The van der Waals surface area contributed by atoms with Crippen molar-refractivity contribution in [3.63, 3.8) is 0 Å². The van der Waals surface area contributed by atoms with Crippen molar-refractivity contribution in [1.29, 1.82) is 0 Å². The molecule has 0 radical (unpaired) electrons. The highest BCUT2D eigenvalue weighted by Gasteiger charge is 2.27. The van der Waals surface area contributed by atoms with Crippen LogP contribution >= 0.6 is 0 Å². The van der Waals surface area contributed by atoms with Crippen LogP contribution in [0.5, 0.6) is 0 Å². The number of nitrogens with one attached hydrogen (secondary N) is 1. The Morgan fingerprint density at radius 3 is 2.57 bits per heavy atom. The fraction of sp³-hybridized carbons (Fsp3) is 0.0588. The minimum Gasteiger partial charge on any atom is -0.465 e. The molecule has 21 heavy (non-hydrogen) atoms. The van der Waals surface area contributed by atoms with Crippen LogP contribution in [0.15, 0.2) is 49.0 Å². The second kappa shape index (κ2) is 4.90. The quantitative estimate of drug-likeness (QED) is 0.679. The monoisotopic (exact) mass is 279 g/mol. The smallest absolute Gasteiger partial charge is 0.337 e. The second-order valence-electron chi connectivity index (χ2n) is 4.74. The Hall–Kier alpha value is -2.88. The molecule has 1 amide bonds. The van der Waals surface area contributed by atoms with E-state index in [1.807, 2.05) is 30.3 Å². The van der Waals surface area contributed by atoms with Crippen molar-refractivity contribution in [3.8, 4) is 11.1 Å². The van der Waals surface area contributed by atoms with E-state index in [9.17, 15) is 9.59 Å². The first-order valence-electron chi connectivity index (χ1n) is 6.44. The molecule has 0 bridgehead atoms. The van der Waals surface area contributed by atoms with Crippen LogP contribution in [0.2, 0.25) is 0 Å². The summed E-state index contributed by atoms with van der Waals surface area (Å²) in [6, 6.07) is 12.9. The van der Waals surface area contributed by atoms with Crippen molar-refractivity contribution in [3.05, 3.63) is 60.2 Å². The Morgan fingerprint density at radius 1 is 1.19 bits per heavy atom. The first-order valence-corrected chi connectivity index (χ1v) is 6.44. The number of hydrogen-bond donors (Lipinski definition) is 1. The lowest BCUT2D eigenvalue weighted by atomic mass is 9.93. The molecule has 1 aliphatic heterocycles. The molecule has 0 atom stereocenters. The Bertz CT molecular complexity index is 763. The number of carbonyl (C=O) groups excluding carboxylic acids is 2. The van der Waals surface area contributed by atoms with Gasteiger partial charge < -0.3 is 10.1 Å². The summed E-state index contributed by atoms with van der Waals surface area (Å²) in [5, 5.41) is 2.73.